The molecule has 0 atom stereocenters. The summed E-state index contributed by atoms with van der Waals surface area (Å²) < 4.78 is 1.46. The quantitative estimate of drug-likeness (QED) is 0.625. The van der Waals surface area contributed by atoms with E-state index < -0.39 is 0 Å². The van der Waals surface area contributed by atoms with Crippen LogP contribution < -0.4 is 16.2 Å². The van der Waals surface area contributed by atoms with Gasteiger partial charge in [0.15, 0.2) is 0 Å². The summed E-state index contributed by atoms with van der Waals surface area (Å²) in [5.74, 6) is 0.692. The third-order valence-electron chi connectivity index (χ3n) is 4.31. The van der Waals surface area contributed by atoms with E-state index in [1.54, 1.807) is 31.3 Å². The molecule has 0 radical (unpaired) electrons. The first kappa shape index (κ1) is 19.8. The molecule has 0 saturated heterocycles. The van der Waals surface area contributed by atoms with Crippen LogP contribution in [0.15, 0.2) is 28.4 Å². The molecule has 0 bridgehead atoms. The van der Waals surface area contributed by atoms with Crippen molar-refractivity contribution >= 4 is 23.2 Å². The Kier molecular flexibility index (Phi) is 5.37. The smallest absolute Gasteiger partial charge is 0.320 e. The number of hydrogen-bond acceptors (Lipinski definition) is 5. The summed E-state index contributed by atoms with van der Waals surface area (Å²) in [5, 5.41) is 12.2. The minimum atomic E-state index is -0.360. The molecule has 0 unspecified atom stereocenters. The van der Waals surface area contributed by atoms with Crippen molar-refractivity contribution in [2.24, 2.45) is 0 Å². The van der Waals surface area contributed by atoms with Gasteiger partial charge >= 0.3 is 6.03 Å². The number of H-pyrrole nitrogens is 1. The van der Waals surface area contributed by atoms with Crippen molar-refractivity contribution in [3.63, 3.8) is 0 Å². The molecule has 0 spiro atoms. The molecule has 0 aliphatic rings. The predicted octanol–water partition coefficient (Wildman–Crippen LogP) is 3.25. The lowest BCUT2D eigenvalue weighted by Crippen LogP contribution is -2.29. The molecule has 3 aromatic heterocycles. The first-order valence-corrected chi connectivity index (χ1v) is 9.79. The van der Waals surface area contributed by atoms with Gasteiger partial charge in [-0.15, -0.1) is 11.3 Å². The van der Waals surface area contributed by atoms with Crippen LogP contribution in [0.5, 0.6) is 0 Å². The van der Waals surface area contributed by atoms with Crippen LogP contribution in [0.2, 0.25) is 0 Å². The number of carbonyl (C=O) groups is 1. The number of aryl methyl sites for hydroxylation is 1. The first-order chi connectivity index (χ1) is 13.1. The molecule has 0 fully saturated rings. The van der Waals surface area contributed by atoms with Crippen molar-refractivity contribution < 1.29 is 4.79 Å². The highest BCUT2D eigenvalue weighted by molar-refractivity contribution is 7.09. The maximum Gasteiger partial charge on any atom is 0.320 e. The molecule has 3 rings (SSSR count). The van der Waals surface area contributed by atoms with E-state index in [0.29, 0.717) is 23.6 Å². The minimum absolute atomic E-state index is 0.233. The highest BCUT2D eigenvalue weighted by atomic mass is 32.1. The fourth-order valence-electron chi connectivity index (χ4n) is 2.47. The topological polar surface area (TPSA) is 105 Å². The number of amides is 2. The fourth-order valence-corrected chi connectivity index (χ4v) is 3.11. The molecule has 0 aliphatic heterocycles. The third-order valence-corrected chi connectivity index (χ3v) is 5.18. The van der Waals surface area contributed by atoms with Gasteiger partial charge in [0, 0.05) is 27.6 Å². The number of carbonyl (C=O) groups excluding carboxylic acids is 1. The van der Waals surface area contributed by atoms with Gasteiger partial charge in [0.2, 0.25) is 5.95 Å². The Balaban J connectivity index is 1.92. The zero-order valence-electron chi connectivity index (χ0n) is 16.6. The molecule has 3 aromatic rings. The molecule has 0 aliphatic carbocycles. The Labute approximate surface area is 167 Å². The molecule has 148 valence electrons. The number of nitrogens with zero attached hydrogens (tertiary/aromatic N) is 3. The zero-order valence-corrected chi connectivity index (χ0v) is 17.4. The van der Waals surface area contributed by atoms with Gasteiger partial charge in [0.1, 0.15) is 5.82 Å². The van der Waals surface area contributed by atoms with Crippen molar-refractivity contribution in [3.8, 4) is 5.95 Å². The molecular weight excluding hydrogens is 376 g/mol. The predicted molar refractivity (Wildman–Crippen MR) is 110 cm³/mol. The number of aromatic nitrogens is 4. The number of anilines is 1. The highest BCUT2D eigenvalue weighted by Crippen LogP contribution is 2.25. The van der Waals surface area contributed by atoms with Crippen molar-refractivity contribution in [2.45, 2.75) is 46.6 Å². The average molecular weight is 401 g/mol. The van der Waals surface area contributed by atoms with E-state index in [9.17, 15) is 9.59 Å². The molecule has 28 heavy (non-hydrogen) atoms. The van der Waals surface area contributed by atoms with E-state index >= 15 is 0 Å². The Bertz CT molecular complexity index is 1040. The Morgan fingerprint density at radius 3 is 2.68 bits per heavy atom. The van der Waals surface area contributed by atoms with Gasteiger partial charge in [-0.2, -0.15) is 9.78 Å². The second-order valence-electron chi connectivity index (χ2n) is 7.56. The maximum atomic E-state index is 12.4. The van der Waals surface area contributed by atoms with E-state index in [-0.39, 0.29) is 23.0 Å². The van der Waals surface area contributed by atoms with Gasteiger partial charge < -0.3 is 5.32 Å². The standard InChI is InChI=1S/C19H24N6O2S/c1-11-12(2)21-17(23-16(11)26)25-15(9-14(24-25)19(3,4)5)22-18(27)20-10-13-7-6-8-28-13/h6-9H,10H2,1-5H3,(H2,20,22,27)(H,21,23,26). The fraction of sp³-hybridized carbons (Fsp3) is 0.368. The molecule has 3 N–H and O–H groups in total. The summed E-state index contributed by atoms with van der Waals surface area (Å²) in [6.07, 6.45) is 0. The highest BCUT2D eigenvalue weighted by Gasteiger charge is 2.22. The van der Waals surface area contributed by atoms with Crippen LogP contribution in [-0.4, -0.2) is 25.8 Å². The minimum Gasteiger partial charge on any atom is -0.333 e. The van der Waals surface area contributed by atoms with Gasteiger partial charge in [-0.05, 0) is 25.3 Å². The second-order valence-corrected chi connectivity index (χ2v) is 8.60. The summed E-state index contributed by atoms with van der Waals surface area (Å²) in [6, 6.07) is 5.32. The van der Waals surface area contributed by atoms with E-state index in [1.165, 1.54) is 4.68 Å². The van der Waals surface area contributed by atoms with E-state index in [4.69, 9.17) is 0 Å². The molecule has 9 heteroatoms. The Morgan fingerprint density at radius 1 is 1.32 bits per heavy atom. The van der Waals surface area contributed by atoms with Crippen molar-refractivity contribution in [2.75, 3.05) is 5.32 Å². The number of urea groups is 1. The van der Waals surface area contributed by atoms with Crippen LogP contribution in [-0.2, 0) is 12.0 Å². The van der Waals surface area contributed by atoms with Gasteiger partial charge in [-0.1, -0.05) is 26.8 Å². The number of aromatic amines is 1. The summed E-state index contributed by atoms with van der Waals surface area (Å²) in [6.45, 7) is 9.99. The average Bonchev–Trinajstić information content (AvgIpc) is 3.26. The van der Waals surface area contributed by atoms with E-state index in [2.05, 4.69) is 25.7 Å². The lowest BCUT2D eigenvalue weighted by Gasteiger charge is -2.14. The van der Waals surface area contributed by atoms with E-state index in [0.717, 1.165) is 10.6 Å². The van der Waals surface area contributed by atoms with Crippen LogP contribution in [0.3, 0.4) is 0 Å². The van der Waals surface area contributed by atoms with Gasteiger partial charge in [-0.3, -0.25) is 15.1 Å². The summed E-state index contributed by atoms with van der Waals surface area (Å²) >= 11 is 1.57. The van der Waals surface area contributed by atoms with Crippen molar-refractivity contribution in [1.82, 2.24) is 25.1 Å². The van der Waals surface area contributed by atoms with Gasteiger partial charge in [-0.25, -0.2) is 9.78 Å². The number of hydrogen-bond donors (Lipinski definition) is 3. The Hall–Kier alpha value is -2.94. The SMILES string of the molecule is Cc1nc(-n2nc(C(C)(C)C)cc2NC(=O)NCc2cccs2)[nH]c(=O)c1C. The lowest BCUT2D eigenvalue weighted by atomic mass is 9.92. The van der Waals surface area contributed by atoms with Crippen LogP contribution >= 0.6 is 11.3 Å². The van der Waals surface area contributed by atoms with Crippen LogP contribution in [0, 0.1) is 13.8 Å². The number of thiophene rings is 1. The Morgan fingerprint density at radius 2 is 2.07 bits per heavy atom. The normalized spacial score (nSPS) is 11.5. The second kappa shape index (κ2) is 7.59. The summed E-state index contributed by atoms with van der Waals surface area (Å²) in [7, 11) is 0. The van der Waals surface area contributed by atoms with Gasteiger partial charge in [0.25, 0.3) is 5.56 Å². The largest absolute Gasteiger partial charge is 0.333 e. The monoisotopic (exact) mass is 400 g/mol. The molecular formula is C19H24N6O2S. The summed E-state index contributed by atoms with van der Waals surface area (Å²) in [5.41, 5.74) is 1.45. The summed E-state index contributed by atoms with van der Waals surface area (Å²) in [4.78, 5) is 32.8. The molecule has 3 heterocycles. The zero-order chi connectivity index (χ0) is 20.5. The van der Waals surface area contributed by atoms with Crippen LogP contribution in [0.25, 0.3) is 5.95 Å². The first-order valence-electron chi connectivity index (χ1n) is 8.91. The molecule has 0 aromatic carbocycles. The molecule has 8 nitrogen and oxygen atoms in total. The third kappa shape index (κ3) is 4.30. The molecule has 0 saturated carbocycles. The lowest BCUT2D eigenvalue weighted by molar-refractivity contribution is 0.251. The van der Waals surface area contributed by atoms with Crippen molar-refractivity contribution in [1.29, 1.82) is 0 Å². The number of rotatable bonds is 4. The molecule has 2 amide bonds. The number of nitrogens with one attached hydrogen (secondary N) is 3. The van der Waals surface area contributed by atoms with E-state index in [1.807, 2.05) is 38.3 Å². The van der Waals surface area contributed by atoms with Gasteiger partial charge in [0.05, 0.1) is 12.2 Å². The maximum absolute atomic E-state index is 12.4. The van der Waals surface area contributed by atoms with Crippen molar-refractivity contribution in [3.05, 3.63) is 55.8 Å². The van der Waals surface area contributed by atoms with Crippen LogP contribution in [0.1, 0.15) is 42.6 Å². The van der Waals surface area contributed by atoms with Crippen LogP contribution in [0.4, 0.5) is 10.6 Å².